The second-order valence-electron chi connectivity index (χ2n) is 3.98. The molecule has 0 bridgehead atoms. The molecule has 0 saturated carbocycles. The number of carbonyl (C=O) groups excluding carboxylic acids is 1. The highest BCUT2D eigenvalue weighted by atomic mass is 16.5. The molecule has 1 rings (SSSR count). The van der Waals surface area contributed by atoms with Crippen molar-refractivity contribution in [2.45, 2.75) is 38.0 Å². The Bertz CT molecular complexity index is 211. The van der Waals surface area contributed by atoms with E-state index in [2.05, 4.69) is 10.6 Å². The molecule has 3 N–H and O–H groups in total. The van der Waals surface area contributed by atoms with Gasteiger partial charge in [0.1, 0.15) is 0 Å². The van der Waals surface area contributed by atoms with Crippen molar-refractivity contribution in [3.8, 4) is 0 Å². The highest BCUT2D eigenvalue weighted by Crippen LogP contribution is 2.09. The monoisotopic (exact) mass is 216 g/mol. The van der Waals surface area contributed by atoms with Crippen LogP contribution in [0.3, 0.4) is 0 Å². The summed E-state index contributed by atoms with van der Waals surface area (Å²) in [7, 11) is 1.65. The van der Waals surface area contributed by atoms with Crippen molar-refractivity contribution in [2.24, 2.45) is 0 Å². The van der Waals surface area contributed by atoms with Crippen LogP contribution in [0.2, 0.25) is 0 Å². The van der Waals surface area contributed by atoms with Crippen molar-refractivity contribution in [3.63, 3.8) is 0 Å². The number of amides is 1. The standard InChI is InChI=1S/C10H20N2O3/c1-7(3-4-13)12-10(14)9-5-8(15-2)6-11-9/h7-9,11,13H,3-6H2,1-2H3,(H,12,14). The van der Waals surface area contributed by atoms with Crippen molar-refractivity contribution < 1.29 is 14.6 Å². The number of nitrogens with one attached hydrogen (secondary N) is 2. The van der Waals surface area contributed by atoms with Crippen LogP contribution in [0.1, 0.15) is 19.8 Å². The van der Waals surface area contributed by atoms with Crippen molar-refractivity contribution in [3.05, 3.63) is 0 Å². The third kappa shape index (κ3) is 3.77. The van der Waals surface area contributed by atoms with Gasteiger partial charge in [-0.1, -0.05) is 0 Å². The fourth-order valence-electron chi connectivity index (χ4n) is 1.69. The fourth-order valence-corrected chi connectivity index (χ4v) is 1.69. The van der Waals surface area contributed by atoms with Crippen LogP contribution in [0.15, 0.2) is 0 Å². The Balaban J connectivity index is 2.29. The molecule has 0 aliphatic carbocycles. The van der Waals surface area contributed by atoms with Crippen LogP contribution in [-0.4, -0.2) is 49.5 Å². The topological polar surface area (TPSA) is 70.6 Å². The smallest absolute Gasteiger partial charge is 0.237 e. The molecule has 1 amide bonds. The first-order chi connectivity index (χ1) is 7.17. The zero-order valence-electron chi connectivity index (χ0n) is 9.32. The van der Waals surface area contributed by atoms with Gasteiger partial charge in [-0.25, -0.2) is 0 Å². The van der Waals surface area contributed by atoms with Crippen LogP contribution in [0, 0.1) is 0 Å². The first kappa shape index (κ1) is 12.4. The van der Waals surface area contributed by atoms with Crippen LogP contribution >= 0.6 is 0 Å². The lowest BCUT2D eigenvalue weighted by Crippen LogP contribution is -2.44. The Hall–Kier alpha value is -0.650. The van der Waals surface area contributed by atoms with Gasteiger partial charge in [0.25, 0.3) is 0 Å². The zero-order valence-corrected chi connectivity index (χ0v) is 9.32. The molecule has 0 aromatic carbocycles. The van der Waals surface area contributed by atoms with Crippen LogP contribution in [0.5, 0.6) is 0 Å². The highest BCUT2D eigenvalue weighted by Gasteiger charge is 2.29. The van der Waals surface area contributed by atoms with Crippen LogP contribution in [0.25, 0.3) is 0 Å². The van der Waals surface area contributed by atoms with E-state index in [0.29, 0.717) is 12.8 Å². The molecular formula is C10H20N2O3. The molecule has 5 nitrogen and oxygen atoms in total. The molecule has 15 heavy (non-hydrogen) atoms. The average molecular weight is 216 g/mol. The summed E-state index contributed by atoms with van der Waals surface area (Å²) in [5.74, 6) is -0.00417. The molecular weight excluding hydrogens is 196 g/mol. The fraction of sp³-hybridized carbons (Fsp3) is 0.900. The SMILES string of the molecule is COC1CNC(C(=O)NC(C)CCO)C1. The Morgan fingerprint density at radius 3 is 3.00 bits per heavy atom. The number of hydrogen-bond donors (Lipinski definition) is 3. The number of hydrogen-bond acceptors (Lipinski definition) is 4. The Labute approximate surface area is 90.2 Å². The molecule has 1 saturated heterocycles. The molecule has 5 heteroatoms. The zero-order chi connectivity index (χ0) is 11.3. The van der Waals surface area contributed by atoms with Crippen molar-refractivity contribution in [1.29, 1.82) is 0 Å². The summed E-state index contributed by atoms with van der Waals surface area (Å²) in [6, 6.07) is -0.137. The predicted octanol–water partition coefficient (Wildman–Crippen LogP) is -0.750. The lowest BCUT2D eigenvalue weighted by atomic mass is 10.1. The van der Waals surface area contributed by atoms with Crippen molar-refractivity contribution in [1.82, 2.24) is 10.6 Å². The number of carbonyl (C=O) groups is 1. The van der Waals surface area contributed by atoms with Gasteiger partial charge in [0.05, 0.1) is 12.1 Å². The molecule has 1 aliphatic heterocycles. The van der Waals surface area contributed by atoms with Crippen molar-refractivity contribution >= 4 is 5.91 Å². The minimum absolute atomic E-state index is 0.00417. The number of rotatable bonds is 5. The molecule has 3 unspecified atom stereocenters. The predicted molar refractivity (Wildman–Crippen MR) is 56.5 cm³/mol. The maximum atomic E-state index is 11.7. The van der Waals surface area contributed by atoms with Gasteiger partial charge < -0.3 is 20.5 Å². The molecule has 1 aliphatic rings. The van der Waals surface area contributed by atoms with E-state index in [1.165, 1.54) is 0 Å². The molecule has 1 heterocycles. The molecule has 0 radical (unpaired) electrons. The summed E-state index contributed by atoms with van der Waals surface area (Å²) in [6.07, 6.45) is 1.44. The van der Waals surface area contributed by atoms with Gasteiger partial charge >= 0.3 is 0 Å². The van der Waals surface area contributed by atoms with E-state index in [-0.39, 0.29) is 30.7 Å². The minimum atomic E-state index is -0.156. The number of aliphatic hydroxyl groups is 1. The lowest BCUT2D eigenvalue weighted by Gasteiger charge is -2.16. The summed E-state index contributed by atoms with van der Waals surface area (Å²) in [5.41, 5.74) is 0. The third-order valence-electron chi connectivity index (χ3n) is 2.69. The molecule has 0 spiro atoms. The first-order valence-electron chi connectivity index (χ1n) is 5.34. The summed E-state index contributed by atoms with van der Waals surface area (Å²) in [4.78, 5) is 11.7. The van der Waals surface area contributed by atoms with Crippen LogP contribution in [0.4, 0.5) is 0 Å². The first-order valence-corrected chi connectivity index (χ1v) is 5.34. The molecule has 0 aromatic heterocycles. The van der Waals surface area contributed by atoms with Gasteiger partial charge in [-0.15, -0.1) is 0 Å². The maximum absolute atomic E-state index is 11.7. The molecule has 88 valence electrons. The Morgan fingerprint density at radius 1 is 1.73 bits per heavy atom. The largest absolute Gasteiger partial charge is 0.396 e. The average Bonchev–Trinajstić information content (AvgIpc) is 2.66. The second kappa shape index (κ2) is 6.05. The summed E-state index contributed by atoms with van der Waals surface area (Å²) < 4.78 is 5.16. The van der Waals surface area contributed by atoms with Gasteiger partial charge in [-0.05, 0) is 19.8 Å². The lowest BCUT2D eigenvalue weighted by molar-refractivity contribution is -0.123. The summed E-state index contributed by atoms with van der Waals surface area (Å²) >= 11 is 0. The quantitative estimate of drug-likeness (QED) is 0.565. The van der Waals surface area contributed by atoms with Gasteiger partial charge in [-0.2, -0.15) is 0 Å². The van der Waals surface area contributed by atoms with Crippen molar-refractivity contribution in [2.75, 3.05) is 20.3 Å². The molecule has 1 fully saturated rings. The number of aliphatic hydroxyl groups excluding tert-OH is 1. The van der Waals surface area contributed by atoms with E-state index in [0.717, 1.165) is 6.54 Å². The summed E-state index contributed by atoms with van der Waals surface area (Å²) in [5, 5.41) is 14.7. The van der Waals surface area contributed by atoms with E-state index in [1.807, 2.05) is 6.92 Å². The third-order valence-corrected chi connectivity index (χ3v) is 2.69. The minimum Gasteiger partial charge on any atom is -0.396 e. The molecule has 3 atom stereocenters. The summed E-state index contributed by atoms with van der Waals surface area (Å²) in [6.45, 7) is 2.71. The van der Waals surface area contributed by atoms with E-state index in [1.54, 1.807) is 7.11 Å². The van der Waals surface area contributed by atoms with Gasteiger partial charge in [-0.3, -0.25) is 4.79 Å². The highest BCUT2D eigenvalue weighted by molar-refractivity contribution is 5.82. The Kier molecular flexibility index (Phi) is 5.01. The van der Waals surface area contributed by atoms with Crippen LogP contribution in [-0.2, 0) is 9.53 Å². The maximum Gasteiger partial charge on any atom is 0.237 e. The Morgan fingerprint density at radius 2 is 2.47 bits per heavy atom. The number of methoxy groups -OCH3 is 1. The van der Waals surface area contributed by atoms with Gasteiger partial charge in [0.15, 0.2) is 0 Å². The van der Waals surface area contributed by atoms with E-state index >= 15 is 0 Å². The second-order valence-corrected chi connectivity index (χ2v) is 3.98. The van der Waals surface area contributed by atoms with Gasteiger partial charge in [0, 0.05) is 26.3 Å². The molecule has 0 aromatic rings. The van der Waals surface area contributed by atoms with E-state index < -0.39 is 0 Å². The van der Waals surface area contributed by atoms with Crippen LogP contribution < -0.4 is 10.6 Å². The van der Waals surface area contributed by atoms with E-state index in [9.17, 15) is 4.79 Å². The number of ether oxygens (including phenoxy) is 1. The normalized spacial score (nSPS) is 27.7. The van der Waals surface area contributed by atoms with E-state index in [4.69, 9.17) is 9.84 Å². The van der Waals surface area contributed by atoms with Gasteiger partial charge in [0.2, 0.25) is 5.91 Å².